The molecule has 0 bridgehead atoms. The highest BCUT2D eigenvalue weighted by atomic mass is 16.6. The number of rotatable bonds is 3. The Bertz CT molecular complexity index is 893. The highest BCUT2D eigenvalue weighted by molar-refractivity contribution is 5.76. The zero-order valence-electron chi connectivity index (χ0n) is 19.7. The van der Waals surface area contributed by atoms with E-state index < -0.39 is 0 Å². The van der Waals surface area contributed by atoms with Gasteiger partial charge in [-0.2, -0.15) is 0 Å². The quantitative estimate of drug-likeness (QED) is 0.509. The average Bonchev–Trinajstić information content (AvgIpc) is 3.00. The van der Waals surface area contributed by atoms with E-state index in [0.29, 0.717) is 12.0 Å². The third kappa shape index (κ3) is 3.82. The molecule has 4 heteroatoms. The molecule has 0 spiro atoms. The SMILES string of the molecule is CC1=C2C[C@@H]3[C@H](CN4CCN(c5cccc(C)c5)[C@H](C)C4)C(=O)O[C@@H]3C[C@@]2(C)CCC1. The minimum absolute atomic E-state index is 0.0366. The lowest BCUT2D eigenvalue weighted by atomic mass is 9.59. The highest BCUT2D eigenvalue weighted by Gasteiger charge is 2.53. The molecule has 1 aromatic rings. The van der Waals surface area contributed by atoms with E-state index in [1.54, 1.807) is 11.1 Å². The molecule has 2 heterocycles. The number of carbonyl (C=O) groups excluding carboxylic acids is 1. The van der Waals surface area contributed by atoms with Gasteiger partial charge in [-0.3, -0.25) is 9.69 Å². The maximum Gasteiger partial charge on any atom is 0.310 e. The van der Waals surface area contributed by atoms with Crippen molar-refractivity contribution in [3.05, 3.63) is 41.0 Å². The molecule has 0 aromatic heterocycles. The Morgan fingerprint density at radius 1 is 1.23 bits per heavy atom. The summed E-state index contributed by atoms with van der Waals surface area (Å²) in [7, 11) is 0. The van der Waals surface area contributed by atoms with Crippen LogP contribution >= 0.6 is 0 Å². The van der Waals surface area contributed by atoms with Gasteiger partial charge in [0.05, 0.1) is 5.92 Å². The Labute approximate surface area is 187 Å². The molecule has 2 aliphatic heterocycles. The molecule has 4 nitrogen and oxygen atoms in total. The van der Waals surface area contributed by atoms with Gasteiger partial charge in [0.15, 0.2) is 0 Å². The normalized spacial score (nSPS) is 36.3. The third-order valence-electron chi connectivity index (χ3n) is 8.68. The highest BCUT2D eigenvalue weighted by Crippen LogP contribution is 2.55. The maximum absolute atomic E-state index is 12.9. The number of hydrogen-bond acceptors (Lipinski definition) is 4. The van der Waals surface area contributed by atoms with Gasteiger partial charge in [0, 0.05) is 43.8 Å². The first-order chi connectivity index (χ1) is 14.8. The summed E-state index contributed by atoms with van der Waals surface area (Å²) in [5.41, 5.74) is 6.13. The summed E-state index contributed by atoms with van der Waals surface area (Å²) in [4.78, 5) is 18.0. The van der Waals surface area contributed by atoms with Gasteiger partial charge in [-0.1, -0.05) is 30.2 Å². The number of allylic oxidation sites excluding steroid dienone is 2. The fourth-order valence-corrected chi connectivity index (χ4v) is 6.99. The molecule has 0 N–H and O–H groups in total. The smallest absolute Gasteiger partial charge is 0.310 e. The van der Waals surface area contributed by atoms with Gasteiger partial charge in [-0.15, -0.1) is 0 Å². The number of hydrogen-bond donors (Lipinski definition) is 0. The molecule has 2 aliphatic carbocycles. The zero-order chi connectivity index (χ0) is 21.8. The molecule has 3 fully saturated rings. The zero-order valence-corrected chi connectivity index (χ0v) is 19.7. The van der Waals surface area contributed by atoms with Crippen molar-refractivity contribution in [2.24, 2.45) is 17.3 Å². The van der Waals surface area contributed by atoms with Crippen LogP contribution in [-0.2, 0) is 9.53 Å². The van der Waals surface area contributed by atoms with Gasteiger partial charge < -0.3 is 9.64 Å². The minimum Gasteiger partial charge on any atom is -0.462 e. The van der Waals surface area contributed by atoms with Crippen LogP contribution in [-0.4, -0.2) is 49.2 Å². The first kappa shape index (κ1) is 21.1. The van der Waals surface area contributed by atoms with E-state index in [2.05, 4.69) is 61.8 Å². The van der Waals surface area contributed by atoms with Crippen LogP contribution in [0, 0.1) is 24.2 Å². The number of fused-ring (bicyclic) bond motifs is 2. The first-order valence-electron chi connectivity index (χ1n) is 12.3. The number of carbonyl (C=O) groups is 1. The minimum atomic E-state index is 0.0366. The maximum atomic E-state index is 12.9. The molecule has 31 heavy (non-hydrogen) atoms. The fraction of sp³-hybridized carbons (Fsp3) is 0.667. The Morgan fingerprint density at radius 2 is 2.06 bits per heavy atom. The van der Waals surface area contributed by atoms with Crippen LogP contribution in [0.1, 0.15) is 58.4 Å². The summed E-state index contributed by atoms with van der Waals surface area (Å²) in [5, 5.41) is 0. The van der Waals surface area contributed by atoms with Gasteiger partial charge in [-0.25, -0.2) is 0 Å². The van der Waals surface area contributed by atoms with Crippen molar-refractivity contribution < 1.29 is 9.53 Å². The van der Waals surface area contributed by atoms with E-state index >= 15 is 0 Å². The average molecular weight is 423 g/mol. The van der Waals surface area contributed by atoms with Crippen LogP contribution in [0.15, 0.2) is 35.4 Å². The Balaban J connectivity index is 1.27. The predicted molar refractivity (Wildman–Crippen MR) is 125 cm³/mol. The Kier molecular flexibility index (Phi) is 5.40. The number of esters is 1. The molecule has 1 saturated carbocycles. The Morgan fingerprint density at radius 3 is 2.84 bits per heavy atom. The third-order valence-corrected chi connectivity index (χ3v) is 8.68. The van der Waals surface area contributed by atoms with Crippen LogP contribution in [0.5, 0.6) is 0 Å². The lowest BCUT2D eigenvalue weighted by Crippen LogP contribution is -2.53. The molecule has 0 unspecified atom stereocenters. The number of piperazine rings is 1. The van der Waals surface area contributed by atoms with E-state index in [4.69, 9.17) is 4.74 Å². The summed E-state index contributed by atoms with van der Waals surface area (Å²) < 4.78 is 6.00. The van der Waals surface area contributed by atoms with Gasteiger partial charge >= 0.3 is 5.97 Å². The number of anilines is 1. The summed E-state index contributed by atoms with van der Waals surface area (Å²) >= 11 is 0. The molecule has 1 aromatic carbocycles. The van der Waals surface area contributed by atoms with Crippen LogP contribution in [0.3, 0.4) is 0 Å². The molecule has 5 rings (SSSR count). The van der Waals surface area contributed by atoms with E-state index in [9.17, 15) is 4.79 Å². The monoisotopic (exact) mass is 422 g/mol. The molecule has 4 aliphatic rings. The second-order valence-corrected chi connectivity index (χ2v) is 11.0. The second-order valence-electron chi connectivity index (χ2n) is 11.0. The molecule has 2 saturated heterocycles. The summed E-state index contributed by atoms with van der Waals surface area (Å²) in [6.07, 6.45) is 6.00. The van der Waals surface area contributed by atoms with Crippen molar-refractivity contribution in [1.82, 2.24) is 4.90 Å². The van der Waals surface area contributed by atoms with Crippen molar-refractivity contribution in [2.75, 3.05) is 31.1 Å². The number of nitrogens with zero attached hydrogens (tertiary/aromatic N) is 2. The van der Waals surface area contributed by atoms with Crippen molar-refractivity contribution in [1.29, 1.82) is 0 Å². The van der Waals surface area contributed by atoms with E-state index in [1.165, 1.54) is 30.5 Å². The van der Waals surface area contributed by atoms with Gasteiger partial charge in [0.25, 0.3) is 0 Å². The molecular weight excluding hydrogens is 384 g/mol. The molecule has 0 radical (unpaired) electrons. The lowest BCUT2D eigenvalue weighted by molar-refractivity contribution is -0.145. The number of benzene rings is 1. The van der Waals surface area contributed by atoms with Crippen LogP contribution in [0.2, 0.25) is 0 Å². The van der Waals surface area contributed by atoms with Crippen molar-refractivity contribution >= 4 is 11.7 Å². The topological polar surface area (TPSA) is 32.8 Å². The van der Waals surface area contributed by atoms with E-state index in [1.807, 2.05) is 0 Å². The Hall–Kier alpha value is -1.81. The van der Waals surface area contributed by atoms with Gasteiger partial charge in [-0.05, 0) is 76.0 Å². The van der Waals surface area contributed by atoms with E-state index in [-0.39, 0.29) is 23.4 Å². The first-order valence-corrected chi connectivity index (χ1v) is 12.3. The summed E-state index contributed by atoms with van der Waals surface area (Å²) in [5.74, 6) is 0.465. The molecule has 0 amide bonds. The molecule has 5 atom stereocenters. The number of ether oxygens (including phenoxy) is 1. The van der Waals surface area contributed by atoms with Crippen LogP contribution in [0.25, 0.3) is 0 Å². The van der Waals surface area contributed by atoms with Crippen LogP contribution < -0.4 is 4.90 Å². The molecule has 168 valence electrons. The summed E-state index contributed by atoms with van der Waals surface area (Å²) in [6, 6.07) is 9.26. The second kappa shape index (κ2) is 7.95. The predicted octanol–water partition coefficient (Wildman–Crippen LogP) is 4.96. The van der Waals surface area contributed by atoms with E-state index in [0.717, 1.165) is 39.0 Å². The van der Waals surface area contributed by atoms with Crippen molar-refractivity contribution in [2.45, 2.75) is 71.9 Å². The van der Waals surface area contributed by atoms with Crippen molar-refractivity contribution in [3.8, 4) is 0 Å². The summed E-state index contributed by atoms with van der Waals surface area (Å²) in [6.45, 7) is 13.1. The van der Waals surface area contributed by atoms with Gasteiger partial charge in [0.2, 0.25) is 0 Å². The standard InChI is InChI=1S/C27H38N2O2/c1-18-7-5-9-21(13-18)29-12-11-28(16-20(29)3)17-23-22-14-24-19(2)8-6-10-27(24,4)15-25(22)31-26(23)30/h5,7,9,13,20,22-23,25H,6,8,10-12,14-17H2,1-4H3/t20-,22-,23+,25-,27-/m1/s1. The fourth-order valence-electron chi connectivity index (χ4n) is 6.99. The largest absolute Gasteiger partial charge is 0.462 e. The van der Waals surface area contributed by atoms with Crippen LogP contribution in [0.4, 0.5) is 5.69 Å². The number of aryl methyl sites for hydroxylation is 1. The van der Waals surface area contributed by atoms with Crippen molar-refractivity contribution in [3.63, 3.8) is 0 Å². The lowest BCUT2D eigenvalue weighted by Gasteiger charge is -2.46. The van der Waals surface area contributed by atoms with Gasteiger partial charge in [0.1, 0.15) is 6.10 Å². The molecular formula is C27H38N2O2.